The molecule has 7 heteroatoms. The molecule has 0 aliphatic heterocycles. The van der Waals surface area contributed by atoms with Crippen LogP contribution >= 0.6 is 15.9 Å². The Hall–Kier alpha value is -1.21. The Bertz CT molecular complexity index is 563. The summed E-state index contributed by atoms with van der Waals surface area (Å²) in [6.07, 6.45) is 1.67. The average Bonchev–Trinajstić information content (AvgIpc) is 2.99. The normalized spacial score (nSPS) is 11.2. The molecular formula is C13H20BrN5O. The smallest absolute Gasteiger partial charge is 0.227 e. The monoisotopic (exact) mass is 341 g/mol. The number of nitrogens with one attached hydrogen (secondary N) is 1. The second-order valence-corrected chi connectivity index (χ2v) is 5.33. The van der Waals surface area contributed by atoms with Gasteiger partial charge in [-0.15, -0.1) is 0 Å². The molecule has 0 amide bonds. The maximum absolute atomic E-state index is 5.08. The number of hydrogen-bond donors (Lipinski definition) is 1. The number of aryl methyl sites for hydroxylation is 3. The molecule has 0 aromatic carbocycles. The summed E-state index contributed by atoms with van der Waals surface area (Å²) >= 11 is 3.64. The number of nitrogens with zero attached hydrogens (tertiary/aromatic N) is 4. The lowest BCUT2D eigenvalue weighted by Crippen LogP contribution is -2.19. The molecule has 0 saturated heterocycles. The van der Waals surface area contributed by atoms with Crippen LogP contribution in [0.1, 0.15) is 37.0 Å². The molecule has 0 fully saturated rings. The molecule has 2 heterocycles. The average molecular weight is 342 g/mol. The molecule has 110 valence electrons. The van der Waals surface area contributed by atoms with Crippen LogP contribution in [0.3, 0.4) is 0 Å². The van der Waals surface area contributed by atoms with E-state index >= 15 is 0 Å². The molecule has 0 aliphatic carbocycles. The third kappa shape index (κ3) is 3.46. The Morgan fingerprint density at radius 1 is 1.35 bits per heavy atom. The SMILES string of the molecule is CCc1nn(CC)c(CNCCc2nc(C)no2)c1Br. The van der Waals surface area contributed by atoms with Crippen molar-refractivity contribution in [3.8, 4) is 0 Å². The third-order valence-corrected chi connectivity index (χ3v) is 3.99. The van der Waals surface area contributed by atoms with E-state index in [0.29, 0.717) is 11.7 Å². The van der Waals surface area contributed by atoms with Gasteiger partial charge in [0.2, 0.25) is 5.89 Å². The topological polar surface area (TPSA) is 68.8 Å². The zero-order valence-electron chi connectivity index (χ0n) is 12.1. The summed E-state index contributed by atoms with van der Waals surface area (Å²) in [6, 6.07) is 0. The maximum Gasteiger partial charge on any atom is 0.227 e. The number of rotatable bonds is 7. The van der Waals surface area contributed by atoms with E-state index in [1.54, 1.807) is 0 Å². The highest BCUT2D eigenvalue weighted by Gasteiger charge is 2.13. The molecule has 0 radical (unpaired) electrons. The van der Waals surface area contributed by atoms with Gasteiger partial charge < -0.3 is 9.84 Å². The van der Waals surface area contributed by atoms with E-state index in [2.05, 4.69) is 50.3 Å². The molecule has 20 heavy (non-hydrogen) atoms. The van der Waals surface area contributed by atoms with Crippen LogP contribution in [0.2, 0.25) is 0 Å². The Morgan fingerprint density at radius 3 is 2.75 bits per heavy atom. The van der Waals surface area contributed by atoms with Crippen LogP contribution in [-0.4, -0.2) is 26.5 Å². The van der Waals surface area contributed by atoms with Crippen LogP contribution in [0.25, 0.3) is 0 Å². The van der Waals surface area contributed by atoms with Crippen molar-refractivity contribution in [2.75, 3.05) is 6.54 Å². The number of hydrogen-bond acceptors (Lipinski definition) is 5. The molecule has 0 bridgehead atoms. The second kappa shape index (κ2) is 6.99. The van der Waals surface area contributed by atoms with Gasteiger partial charge in [0, 0.05) is 26.1 Å². The van der Waals surface area contributed by atoms with E-state index in [-0.39, 0.29) is 0 Å². The van der Waals surface area contributed by atoms with Gasteiger partial charge in [0.15, 0.2) is 5.82 Å². The number of halogens is 1. The van der Waals surface area contributed by atoms with Crippen LogP contribution in [0.4, 0.5) is 0 Å². The highest BCUT2D eigenvalue weighted by molar-refractivity contribution is 9.10. The van der Waals surface area contributed by atoms with E-state index in [1.165, 1.54) is 5.69 Å². The van der Waals surface area contributed by atoms with Crippen LogP contribution in [-0.2, 0) is 25.9 Å². The summed E-state index contributed by atoms with van der Waals surface area (Å²) in [4.78, 5) is 4.18. The molecular weight excluding hydrogens is 322 g/mol. The third-order valence-electron chi connectivity index (χ3n) is 3.07. The molecule has 0 atom stereocenters. The van der Waals surface area contributed by atoms with E-state index in [9.17, 15) is 0 Å². The van der Waals surface area contributed by atoms with E-state index in [0.717, 1.165) is 42.6 Å². The Labute approximate surface area is 127 Å². The molecule has 0 saturated carbocycles. The van der Waals surface area contributed by atoms with Crippen LogP contribution in [0, 0.1) is 6.92 Å². The van der Waals surface area contributed by atoms with Crippen LogP contribution in [0.5, 0.6) is 0 Å². The molecule has 0 unspecified atom stereocenters. The first kappa shape index (κ1) is 15.2. The maximum atomic E-state index is 5.08. The highest BCUT2D eigenvalue weighted by atomic mass is 79.9. The van der Waals surface area contributed by atoms with Crippen molar-refractivity contribution in [1.29, 1.82) is 0 Å². The van der Waals surface area contributed by atoms with Crippen molar-refractivity contribution < 1.29 is 4.52 Å². The first-order valence-corrected chi connectivity index (χ1v) is 7.68. The molecule has 2 aromatic rings. The minimum Gasteiger partial charge on any atom is -0.339 e. The van der Waals surface area contributed by atoms with Crippen LogP contribution < -0.4 is 5.32 Å². The van der Waals surface area contributed by atoms with Gasteiger partial charge in [0.25, 0.3) is 0 Å². The predicted octanol–water partition coefficient (Wildman–Crippen LogP) is 2.25. The van der Waals surface area contributed by atoms with Crippen molar-refractivity contribution in [2.24, 2.45) is 0 Å². The zero-order valence-corrected chi connectivity index (χ0v) is 13.7. The summed E-state index contributed by atoms with van der Waals surface area (Å²) in [5, 5.41) is 11.7. The molecule has 0 aliphatic rings. The fourth-order valence-electron chi connectivity index (χ4n) is 2.03. The van der Waals surface area contributed by atoms with Crippen molar-refractivity contribution in [3.05, 3.63) is 27.6 Å². The summed E-state index contributed by atoms with van der Waals surface area (Å²) in [7, 11) is 0. The molecule has 2 aromatic heterocycles. The summed E-state index contributed by atoms with van der Waals surface area (Å²) < 4.78 is 8.23. The predicted molar refractivity (Wildman–Crippen MR) is 79.4 cm³/mol. The Kier molecular flexibility index (Phi) is 5.31. The van der Waals surface area contributed by atoms with Gasteiger partial charge in [-0.1, -0.05) is 12.1 Å². The zero-order chi connectivity index (χ0) is 14.5. The number of aromatic nitrogens is 4. The summed E-state index contributed by atoms with van der Waals surface area (Å²) in [6.45, 7) is 8.48. The highest BCUT2D eigenvalue weighted by Crippen LogP contribution is 2.22. The first-order valence-electron chi connectivity index (χ1n) is 6.89. The van der Waals surface area contributed by atoms with Crippen molar-refractivity contribution in [1.82, 2.24) is 25.2 Å². The Morgan fingerprint density at radius 2 is 2.15 bits per heavy atom. The van der Waals surface area contributed by atoms with Gasteiger partial charge in [0.1, 0.15) is 0 Å². The minimum atomic E-state index is 0.673. The summed E-state index contributed by atoms with van der Waals surface area (Å²) in [5.74, 6) is 1.35. The first-order chi connectivity index (χ1) is 9.65. The summed E-state index contributed by atoms with van der Waals surface area (Å²) in [5.41, 5.74) is 2.29. The molecule has 6 nitrogen and oxygen atoms in total. The lowest BCUT2D eigenvalue weighted by Gasteiger charge is -2.06. The minimum absolute atomic E-state index is 0.673. The second-order valence-electron chi connectivity index (χ2n) is 4.54. The van der Waals surface area contributed by atoms with Gasteiger partial charge in [-0.3, -0.25) is 4.68 Å². The van der Waals surface area contributed by atoms with Crippen molar-refractivity contribution >= 4 is 15.9 Å². The lowest BCUT2D eigenvalue weighted by molar-refractivity contribution is 0.372. The van der Waals surface area contributed by atoms with Gasteiger partial charge >= 0.3 is 0 Å². The van der Waals surface area contributed by atoms with Gasteiger partial charge in [-0.2, -0.15) is 10.1 Å². The molecule has 0 spiro atoms. The van der Waals surface area contributed by atoms with Gasteiger partial charge in [0.05, 0.1) is 15.9 Å². The lowest BCUT2D eigenvalue weighted by atomic mass is 10.3. The van der Waals surface area contributed by atoms with Crippen LogP contribution in [0.15, 0.2) is 9.00 Å². The Balaban J connectivity index is 1.89. The van der Waals surface area contributed by atoms with Crippen molar-refractivity contribution in [2.45, 2.75) is 46.7 Å². The van der Waals surface area contributed by atoms with E-state index < -0.39 is 0 Å². The van der Waals surface area contributed by atoms with E-state index in [1.807, 2.05) is 11.6 Å². The largest absolute Gasteiger partial charge is 0.339 e. The van der Waals surface area contributed by atoms with E-state index in [4.69, 9.17) is 4.52 Å². The van der Waals surface area contributed by atoms with Crippen molar-refractivity contribution in [3.63, 3.8) is 0 Å². The van der Waals surface area contributed by atoms with Gasteiger partial charge in [-0.25, -0.2) is 0 Å². The standard InChI is InChI=1S/C13H20BrN5O/c1-4-10-13(14)11(19(5-2)17-10)8-15-7-6-12-16-9(3)18-20-12/h15H,4-8H2,1-3H3. The fraction of sp³-hybridized carbons (Fsp3) is 0.615. The fourth-order valence-corrected chi connectivity index (χ4v) is 2.73. The molecule has 1 N–H and O–H groups in total. The van der Waals surface area contributed by atoms with Gasteiger partial charge in [-0.05, 0) is 36.2 Å². The molecule has 2 rings (SSSR count). The quantitative estimate of drug-likeness (QED) is 0.782.